The predicted octanol–water partition coefficient (Wildman–Crippen LogP) is 4.67. The summed E-state index contributed by atoms with van der Waals surface area (Å²) >= 11 is 6.24. The van der Waals surface area contributed by atoms with Crippen molar-refractivity contribution in [2.45, 2.75) is 13.5 Å². The number of halogens is 1. The normalized spacial score (nSPS) is 10.9. The van der Waals surface area contributed by atoms with Gasteiger partial charge in [0.05, 0.1) is 15.5 Å². The van der Waals surface area contributed by atoms with Crippen LogP contribution < -0.4 is 10.1 Å². The van der Waals surface area contributed by atoms with E-state index in [1.165, 1.54) is 24.3 Å². The van der Waals surface area contributed by atoms with E-state index in [9.17, 15) is 20.2 Å². The smallest absolute Gasteiger partial charge is 0.276 e. The maximum absolute atomic E-state index is 12.3. The number of anilines is 1. The molecule has 0 spiro atoms. The van der Waals surface area contributed by atoms with Crippen LogP contribution in [0.1, 0.15) is 16.9 Å². The number of hydrogen-bond acceptors (Lipinski definition) is 7. The van der Waals surface area contributed by atoms with E-state index >= 15 is 0 Å². The summed E-state index contributed by atoms with van der Waals surface area (Å²) in [6.07, 6.45) is 1.36. The molecule has 9 nitrogen and oxygen atoms in total. The summed E-state index contributed by atoms with van der Waals surface area (Å²) in [5, 5.41) is 26.7. The Balaban J connectivity index is 1.73. The number of nitriles is 1. The maximum atomic E-state index is 12.3. The van der Waals surface area contributed by atoms with Gasteiger partial charge in [0.2, 0.25) is 0 Å². The summed E-state index contributed by atoms with van der Waals surface area (Å²) < 4.78 is 10.5. The Morgan fingerprint density at radius 2 is 2.13 bits per heavy atom. The number of amides is 1. The van der Waals surface area contributed by atoms with Crippen LogP contribution in [0.3, 0.4) is 0 Å². The second-order valence-electron chi connectivity index (χ2n) is 6.31. The predicted molar refractivity (Wildman–Crippen MR) is 112 cm³/mol. The van der Waals surface area contributed by atoms with Gasteiger partial charge in [-0.25, -0.2) is 0 Å². The van der Waals surface area contributed by atoms with Crippen molar-refractivity contribution in [2.75, 3.05) is 5.32 Å². The van der Waals surface area contributed by atoms with Gasteiger partial charge in [0, 0.05) is 12.1 Å². The van der Waals surface area contributed by atoms with Gasteiger partial charge in [-0.15, -0.1) is 0 Å². The third-order valence-corrected chi connectivity index (χ3v) is 4.37. The second-order valence-corrected chi connectivity index (χ2v) is 6.72. The van der Waals surface area contributed by atoms with Gasteiger partial charge in [-0.3, -0.25) is 14.9 Å². The Morgan fingerprint density at radius 1 is 1.35 bits per heavy atom. The Labute approximate surface area is 181 Å². The second kappa shape index (κ2) is 9.56. The average Bonchev–Trinajstić information content (AvgIpc) is 3.15. The fourth-order valence-corrected chi connectivity index (χ4v) is 2.86. The van der Waals surface area contributed by atoms with Gasteiger partial charge >= 0.3 is 0 Å². The molecular formula is C21H15ClN4O5. The maximum Gasteiger partial charge on any atom is 0.276 e. The Kier molecular flexibility index (Phi) is 6.64. The SMILES string of the molecule is Cc1cc(NC(=O)/C(C#N)=C\c2ccc(OCc3ccccc3[N+](=O)[O-])c(Cl)c2)no1. The minimum absolute atomic E-state index is 0.0466. The number of aryl methyl sites for hydroxylation is 1. The molecule has 0 unspecified atom stereocenters. The number of carbonyl (C=O) groups is 1. The number of carbonyl (C=O) groups excluding carboxylic acids is 1. The first-order valence-corrected chi connectivity index (χ1v) is 9.26. The van der Waals surface area contributed by atoms with Crippen molar-refractivity contribution in [3.8, 4) is 11.8 Å². The van der Waals surface area contributed by atoms with Crippen LogP contribution in [-0.4, -0.2) is 16.0 Å². The largest absolute Gasteiger partial charge is 0.487 e. The lowest BCUT2D eigenvalue weighted by Crippen LogP contribution is -2.13. The number of nitro groups is 1. The molecule has 156 valence electrons. The molecule has 3 rings (SSSR count). The topological polar surface area (TPSA) is 131 Å². The molecular weight excluding hydrogens is 424 g/mol. The first-order chi connectivity index (χ1) is 14.9. The molecule has 1 N–H and O–H groups in total. The number of rotatable bonds is 7. The number of nitro benzene ring substituents is 1. The van der Waals surface area contributed by atoms with Crippen molar-refractivity contribution < 1.29 is 19.0 Å². The van der Waals surface area contributed by atoms with Crippen molar-refractivity contribution in [1.29, 1.82) is 5.26 Å². The Morgan fingerprint density at radius 3 is 2.77 bits per heavy atom. The molecule has 0 saturated heterocycles. The molecule has 0 radical (unpaired) electrons. The van der Waals surface area contributed by atoms with Gasteiger partial charge in [-0.05, 0) is 36.8 Å². The molecule has 3 aromatic rings. The molecule has 0 fully saturated rings. The van der Waals surface area contributed by atoms with E-state index in [2.05, 4.69) is 10.5 Å². The van der Waals surface area contributed by atoms with Crippen LogP contribution >= 0.6 is 11.6 Å². The Hall–Kier alpha value is -4.16. The zero-order chi connectivity index (χ0) is 22.4. The van der Waals surface area contributed by atoms with Crippen LogP contribution in [-0.2, 0) is 11.4 Å². The molecule has 0 aliphatic rings. The van der Waals surface area contributed by atoms with Crippen LogP contribution in [0.2, 0.25) is 5.02 Å². The quantitative estimate of drug-likeness (QED) is 0.245. The summed E-state index contributed by atoms with van der Waals surface area (Å²) in [5.41, 5.74) is 0.681. The standard InChI is InChI=1S/C21H15ClN4O5/c1-13-8-20(25-31-13)24-21(27)16(11-23)9-14-6-7-19(17(22)10-14)30-12-15-4-2-3-5-18(15)26(28)29/h2-10H,12H2,1H3,(H,24,25,27)/b16-9-. The summed E-state index contributed by atoms with van der Waals surface area (Å²) in [5.74, 6) is 0.364. The van der Waals surface area contributed by atoms with E-state index in [4.69, 9.17) is 20.9 Å². The zero-order valence-corrected chi connectivity index (χ0v) is 16.9. The molecule has 0 aliphatic heterocycles. The van der Waals surface area contributed by atoms with Crippen molar-refractivity contribution in [2.24, 2.45) is 0 Å². The number of hydrogen-bond donors (Lipinski definition) is 1. The third-order valence-electron chi connectivity index (χ3n) is 4.07. The van der Waals surface area contributed by atoms with Gasteiger partial charge in [-0.2, -0.15) is 5.26 Å². The van der Waals surface area contributed by atoms with E-state index < -0.39 is 10.8 Å². The fraction of sp³-hybridized carbons (Fsp3) is 0.0952. The highest BCUT2D eigenvalue weighted by atomic mass is 35.5. The number of nitrogens with zero attached hydrogens (tertiary/aromatic N) is 3. The molecule has 1 heterocycles. The zero-order valence-electron chi connectivity index (χ0n) is 16.2. The molecule has 0 saturated carbocycles. The van der Waals surface area contributed by atoms with Gasteiger partial charge < -0.3 is 14.6 Å². The third kappa shape index (κ3) is 5.46. The molecule has 10 heteroatoms. The number of para-hydroxylation sites is 1. The van der Waals surface area contributed by atoms with Crippen LogP contribution in [0.5, 0.6) is 5.75 Å². The van der Waals surface area contributed by atoms with Gasteiger partial charge in [0.25, 0.3) is 11.6 Å². The summed E-state index contributed by atoms with van der Waals surface area (Å²) in [6, 6.07) is 14.3. The first-order valence-electron chi connectivity index (χ1n) is 8.88. The highest BCUT2D eigenvalue weighted by Crippen LogP contribution is 2.28. The first kappa shape index (κ1) is 21.5. The Bertz CT molecular complexity index is 1210. The minimum atomic E-state index is -0.649. The molecule has 31 heavy (non-hydrogen) atoms. The summed E-state index contributed by atoms with van der Waals surface area (Å²) in [6.45, 7) is 1.63. The average molecular weight is 439 g/mol. The van der Waals surface area contributed by atoms with E-state index in [-0.39, 0.29) is 28.7 Å². The molecule has 0 bridgehead atoms. The van der Waals surface area contributed by atoms with Gasteiger partial charge in [-0.1, -0.05) is 35.0 Å². The number of ether oxygens (including phenoxy) is 1. The van der Waals surface area contributed by atoms with Gasteiger partial charge in [0.1, 0.15) is 29.8 Å². The van der Waals surface area contributed by atoms with Crippen LogP contribution in [0, 0.1) is 28.4 Å². The minimum Gasteiger partial charge on any atom is -0.487 e. The highest BCUT2D eigenvalue weighted by molar-refractivity contribution is 6.32. The number of nitrogens with one attached hydrogen (secondary N) is 1. The van der Waals surface area contributed by atoms with Crippen LogP contribution in [0.15, 0.2) is 58.6 Å². The van der Waals surface area contributed by atoms with Crippen LogP contribution in [0.25, 0.3) is 6.08 Å². The molecule has 0 atom stereocenters. The lowest BCUT2D eigenvalue weighted by Gasteiger charge is -2.09. The molecule has 1 amide bonds. The number of benzene rings is 2. The molecule has 2 aromatic carbocycles. The van der Waals surface area contributed by atoms with Crippen molar-refractivity contribution in [3.05, 3.63) is 86.1 Å². The van der Waals surface area contributed by atoms with E-state index in [1.54, 1.807) is 37.3 Å². The summed E-state index contributed by atoms with van der Waals surface area (Å²) in [7, 11) is 0. The van der Waals surface area contributed by atoms with E-state index in [1.807, 2.05) is 6.07 Å². The van der Waals surface area contributed by atoms with Crippen molar-refractivity contribution >= 4 is 35.1 Å². The van der Waals surface area contributed by atoms with E-state index in [0.29, 0.717) is 22.6 Å². The lowest BCUT2D eigenvalue weighted by molar-refractivity contribution is -0.385. The van der Waals surface area contributed by atoms with Crippen LogP contribution in [0.4, 0.5) is 11.5 Å². The summed E-state index contributed by atoms with van der Waals surface area (Å²) in [4.78, 5) is 22.9. The number of aromatic nitrogens is 1. The molecule has 0 aliphatic carbocycles. The van der Waals surface area contributed by atoms with Crippen molar-refractivity contribution in [1.82, 2.24) is 5.16 Å². The fourth-order valence-electron chi connectivity index (χ4n) is 2.61. The monoisotopic (exact) mass is 438 g/mol. The highest BCUT2D eigenvalue weighted by Gasteiger charge is 2.15. The van der Waals surface area contributed by atoms with E-state index in [0.717, 1.165) is 0 Å². The van der Waals surface area contributed by atoms with Crippen molar-refractivity contribution in [3.63, 3.8) is 0 Å². The van der Waals surface area contributed by atoms with Gasteiger partial charge in [0.15, 0.2) is 5.82 Å². The molecule has 1 aromatic heterocycles. The lowest BCUT2D eigenvalue weighted by atomic mass is 10.1.